The molecule has 5 heteroatoms. The summed E-state index contributed by atoms with van der Waals surface area (Å²) in [7, 11) is 0. The van der Waals surface area contributed by atoms with E-state index < -0.39 is 12.1 Å². The van der Waals surface area contributed by atoms with Crippen LogP contribution in [0.4, 0.5) is 0 Å². The molecule has 0 aromatic rings. The van der Waals surface area contributed by atoms with Gasteiger partial charge in [-0.3, -0.25) is 9.59 Å². The van der Waals surface area contributed by atoms with Crippen molar-refractivity contribution in [1.82, 2.24) is 0 Å². The minimum Gasteiger partial charge on any atom is -0.481 e. The molecule has 0 amide bonds. The largest absolute Gasteiger partial charge is 0.481 e. The highest BCUT2D eigenvalue weighted by atomic mass is 16.4. The molecule has 2 atom stereocenters. The minimum absolute atomic E-state index is 0.105. The topological polar surface area (TPSA) is 94.8 Å². The summed E-state index contributed by atoms with van der Waals surface area (Å²) in [5.41, 5.74) is 0. The van der Waals surface area contributed by atoms with Crippen LogP contribution in [-0.2, 0) is 9.59 Å². The molecular formula is C12H22O5. The Labute approximate surface area is 101 Å². The third-order valence-corrected chi connectivity index (χ3v) is 2.48. The lowest BCUT2D eigenvalue weighted by Gasteiger charge is -2.07. The highest BCUT2D eigenvalue weighted by Crippen LogP contribution is 2.08. The van der Waals surface area contributed by atoms with Crippen LogP contribution < -0.4 is 0 Å². The molecule has 0 saturated carbocycles. The van der Waals surface area contributed by atoms with E-state index in [1.165, 1.54) is 0 Å². The minimum atomic E-state index is -1.03. The molecule has 100 valence electrons. The van der Waals surface area contributed by atoms with Crippen LogP contribution in [0.25, 0.3) is 0 Å². The maximum absolute atomic E-state index is 11.3. The van der Waals surface area contributed by atoms with E-state index in [9.17, 15) is 14.7 Å². The first kappa shape index (κ1) is 16.1. The van der Waals surface area contributed by atoms with Crippen molar-refractivity contribution in [2.45, 2.75) is 64.1 Å². The Kier molecular flexibility index (Phi) is 8.62. The fraction of sp³-hybridized carbons (Fsp3) is 0.833. The molecule has 0 aliphatic carbocycles. The number of carbonyl (C=O) groups excluding carboxylic acids is 1. The number of carbonyl (C=O) groups is 2. The zero-order valence-electron chi connectivity index (χ0n) is 10.3. The second-order valence-corrected chi connectivity index (χ2v) is 4.42. The Hall–Kier alpha value is -0.940. The average molecular weight is 246 g/mol. The van der Waals surface area contributed by atoms with Crippen LogP contribution in [0.2, 0.25) is 0 Å². The first-order valence-electron chi connectivity index (χ1n) is 6.01. The van der Waals surface area contributed by atoms with Gasteiger partial charge >= 0.3 is 5.97 Å². The molecule has 0 rings (SSSR count). The fourth-order valence-corrected chi connectivity index (χ4v) is 1.56. The third kappa shape index (κ3) is 11.3. The molecule has 2 unspecified atom stereocenters. The van der Waals surface area contributed by atoms with E-state index in [0.717, 1.165) is 0 Å². The lowest BCUT2D eigenvalue weighted by Crippen LogP contribution is -2.13. The van der Waals surface area contributed by atoms with Crippen LogP contribution in [-0.4, -0.2) is 39.3 Å². The number of carboxylic acid groups (broad SMARTS) is 1. The van der Waals surface area contributed by atoms with Gasteiger partial charge in [-0.25, -0.2) is 0 Å². The number of aliphatic hydroxyl groups excluding tert-OH is 2. The van der Waals surface area contributed by atoms with Gasteiger partial charge in [-0.1, -0.05) is 0 Å². The summed E-state index contributed by atoms with van der Waals surface area (Å²) in [6.07, 6.45) is 1.46. The van der Waals surface area contributed by atoms with Gasteiger partial charge < -0.3 is 15.3 Å². The summed E-state index contributed by atoms with van der Waals surface area (Å²) in [5.74, 6) is -0.922. The highest BCUT2D eigenvalue weighted by molar-refractivity contribution is 5.78. The summed E-state index contributed by atoms with van der Waals surface area (Å²) >= 11 is 0. The van der Waals surface area contributed by atoms with Crippen molar-refractivity contribution < 1.29 is 24.9 Å². The van der Waals surface area contributed by atoms with Crippen LogP contribution in [0.15, 0.2) is 0 Å². The van der Waals surface area contributed by atoms with Crippen molar-refractivity contribution in [2.75, 3.05) is 0 Å². The van der Waals surface area contributed by atoms with Gasteiger partial charge in [-0.2, -0.15) is 0 Å². The first-order valence-corrected chi connectivity index (χ1v) is 6.01. The molecule has 0 saturated heterocycles. The van der Waals surface area contributed by atoms with Gasteiger partial charge in [0.1, 0.15) is 5.78 Å². The second-order valence-electron chi connectivity index (χ2n) is 4.42. The second kappa shape index (κ2) is 9.13. The predicted octanol–water partition coefficient (Wildman–Crippen LogP) is 1.11. The number of carboxylic acids is 1. The normalized spacial score (nSPS) is 14.3. The molecule has 0 aromatic carbocycles. The molecule has 3 N–H and O–H groups in total. The number of aliphatic carboxylic acids is 1. The van der Waals surface area contributed by atoms with Crippen LogP contribution in [0.5, 0.6) is 0 Å². The summed E-state index contributed by atoms with van der Waals surface area (Å²) < 4.78 is 0. The zero-order valence-corrected chi connectivity index (χ0v) is 10.3. The molecule has 0 aliphatic rings. The lowest BCUT2D eigenvalue weighted by atomic mass is 10.0. The van der Waals surface area contributed by atoms with E-state index in [4.69, 9.17) is 10.2 Å². The van der Waals surface area contributed by atoms with E-state index in [1.807, 2.05) is 0 Å². The van der Waals surface area contributed by atoms with E-state index in [2.05, 4.69) is 0 Å². The summed E-state index contributed by atoms with van der Waals surface area (Å²) in [6.45, 7) is 1.69. The van der Waals surface area contributed by atoms with E-state index >= 15 is 0 Å². The zero-order chi connectivity index (χ0) is 13.3. The predicted molar refractivity (Wildman–Crippen MR) is 62.6 cm³/mol. The Balaban J connectivity index is 3.47. The first-order chi connectivity index (χ1) is 7.91. The molecule has 0 heterocycles. The van der Waals surface area contributed by atoms with Gasteiger partial charge in [0, 0.05) is 12.8 Å². The smallest absolute Gasteiger partial charge is 0.305 e. The summed E-state index contributed by atoms with van der Waals surface area (Å²) in [6, 6.07) is 0. The SMILES string of the molecule is CC(O)CCCC(=O)CCCC(O)CC(=O)O. The van der Waals surface area contributed by atoms with Gasteiger partial charge in [0.2, 0.25) is 0 Å². The molecule has 0 fully saturated rings. The molecule has 0 aromatic heterocycles. The number of ketones is 1. The Morgan fingerprint density at radius 2 is 1.59 bits per heavy atom. The monoisotopic (exact) mass is 246 g/mol. The van der Waals surface area contributed by atoms with Crippen molar-refractivity contribution in [1.29, 1.82) is 0 Å². The van der Waals surface area contributed by atoms with Crippen LogP contribution in [0.1, 0.15) is 51.9 Å². The number of Topliss-reactive ketones (excluding diaryl/α,β-unsaturated/α-hetero) is 1. The highest BCUT2D eigenvalue weighted by Gasteiger charge is 2.10. The Bertz CT molecular complexity index is 237. The van der Waals surface area contributed by atoms with Gasteiger partial charge in [0.15, 0.2) is 0 Å². The summed E-state index contributed by atoms with van der Waals surface area (Å²) in [4.78, 5) is 21.6. The van der Waals surface area contributed by atoms with Crippen molar-refractivity contribution >= 4 is 11.8 Å². The van der Waals surface area contributed by atoms with Gasteiger partial charge in [-0.15, -0.1) is 0 Å². The van der Waals surface area contributed by atoms with Gasteiger partial charge in [0.05, 0.1) is 18.6 Å². The Morgan fingerprint density at radius 3 is 2.06 bits per heavy atom. The van der Waals surface area contributed by atoms with Crippen LogP contribution in [0.3, 0.4) is 0 Å². The molecule has 0 aliphatic heterocycles. The molecule has 0 radical (unpaired) electrons. The van der Waals surface area contributed by atoms with Crippen molar-refractivity contribution in [2.24, 2.45) is 0 Å². The maximum Gasteiger partial charge on any atom is 0.305 e. The number of aliphatic hydroxyl groups is 2. The molecule has 0 spiro atoms. The molecule has 5 nitrogen and oxygen atoms in total. The quantitative estimate of drug-likeness (QED) is 0.537. The number of rotatable bonds is 10. The van der Waals surface area contributed by atoms with Crippen molar-refractivity contribution in [3.63, 3.8) is 0 Å². The average Bonchev–Trinajstić information content (AvgIpc) is 2.15. The maximum atomic E-state index is 11.3. The standard InChI is InChI=1S/C12H22O5/c1-9(13)4-2-5-10(14)6-3-7-11(15)8-12(16)17/h9,11,13,15H,2-8H2,1H3,(H,16,17). The summed E-state index contributed by atoms with van der Waals surface area (Å²) in [5, 5.41) is 26.7. The van der Waals surface area contributed by atoms with Crippen LogP contribution >= 0.6 is 0 Å². The number of hydrogen-bond acceptors (Lipinski definition) is 4. The Morgan fingerprint density at radius 1 is 1.06 bits per heavy atom. The fourth-order valence-electron chi connectivity index (χ4n) is 1.56. The molecule has 17 heavy (non-hydrogen) atoms. The number of hydrogen-bond donors (Lipinski definition) is 3. The van der Waals surface area contributed by atoms with Gasteiger partial charge in [0.25, 0.3) is 0 Å². The van der Waals surface area contributed by atoms with Gasteiger partial charge in [-0.05, 0) is 32.6 Å². The van der Waals surface area contributed by atoms with E-state index in [1.54, 1.807) is 6.92 Å². The van der Waals surface area contributed by atoms with E-state index in [-0.39, 0.29) is 18.3 Å². The molecular weight excluding hydrogens is 224 g/mol. The van der Waals surface area contributed by atoms with E-state index in [0.29, 0.717) is 38.5 Å². The molecule has 0 bridgehead atoms. The third-order valence-electron chi connectivity index (χ3n) is 2.48. The van der Waals surface area contributed by atoms with Crippen molar-refractivity contribution in [3.8, 4) is 0 Å². The van der Waals surface area contributed by atoms with Crippen molar-refractivity contribution in [3.05, 3.63) is 0 Å². The van der Waals surface area contributed by atoms with Crippen LogP contribution in [0, 0.1) is 0 Å². The lowest BCUT2D eigenvalue weighted by molar-refractivity contribution is -0.139.